The monoisotopic (exact) mass is 450 g/mol. The number of ketones is 1. The Kier molecular flexibility index (Phi) is 6.86. The quantitative estimate of drug-likeness (QED) is 0.684. The first kappa shape index (κ1) is 23.0. The first-order valence-corrected chi connectivity index (χ1v) is 11.4. The molecule has 0 saturated carbocycles. The molecule has 0 radical (unpaired) electrons. The zero-order valence-electron chi connectivity index (χ0n) is 17.3. The van der Waals surface area contributed by atoms with Crippen LogP contribution in [0.5, 0.6) is 0 Å². The number of hydrogen-bond acceptors (Lipinski definition) is 4. The van der Waals surface area contributed by atoms with Crippen LogP contribution in [-0.2, 0) is 14.8 Å². The molecule has 31 heavy (non-hydrogen) atoms. The highest BCUT2D eigenvalue weighted by atomic mass is 32.2. The van der Waals surface area contributed by atoms with Gasteiger partial charge in [0, 0.05) is 24.6 Å². The van der Waals surface area contributed by atoms with E-state index < -0.39 is 27.7 Å². The second-order valence-electron chi connectivity index (χ2n) is 7.67. The third-order valence-corrected chi connectivity index (χ3v) is 7.40. The van der Waals surface area contributed by atoms with Crippen molar-refractivity contribution >= 4 is 21.7 Å². The number of nitrogens with one attached hydrogen (secondary N) is 1. The van der Waals surface area contributed by atoms with Crippen molar-refractivity contribution in [3.8, 4) is 0 Å². The number of benzene rings is 2. The fourth-order valence-corrected chi connectivity index (χ4v) is 5.10. The molecular formula is C22H24F2N2O4S. The third kappa shape index (κ3) is 5.16. The van der Waals surface area contributed by atoms with E-state index in [2.05, 4.69) is 5.32 Å². The zero-order valence-corrected chi connectivity index (χ0v) is 18.1. The predicted octanol–water partition coefficient (Wildman–Crippen LogP) is 3.45. The van der Waals surface area contributed by atoms with Gasteiger partial charge in [-0.05, 0) is 56.5 Å². The van der Waals surface area contributed by atoms with E-state index in [0.29, 0.717) is 24.0 Å². The maximum Gasteiger partial charge on any atom is 0.243 e. The van der Waals surface area contributed by atoms with Gasteiger partial charge in [-0.25, -0.2) is 17.2 Å². The molecule has 1 heterocycles. The summed E-state index contributed by atoms with van der Waals surface area (Å²) in [6.07, 6.45) is 0.671. The van der Waals surface area contributed by atoms with Crippen molar-refractivity contribution < 1.29 is 26.8 Å². The van der Waals surface area contributed by atoms with E-state index in [-0.39, 0.29) is 35.6 Å². The van der Waals surface area contributed by atoms with Crippen LogP contribution in [0.3, 0.4) is 0 Å². The molecule has 9 heteroatoms. The summed E-state index contributed by atoms with van der Waals surface area (Å²) in [5, 5.41) is 2.78. The normalized spacial score (nSPS) is 16.6. The molecule has 1 atom stereocenters. The molecule has 0 aromatic heterocycles. The number of Topliss-reactive ketones (excluding diaryl/α,β-unsaturated/α-hetero) is 1. The molecule has 3 rings (SSSR count). The molecule has 0 bridgehead atoms. The molecule has 0 aliphatic carbocycles. The van der Waals surface area contributed by atoms with Gasteiger partial charge in [0.2, 0.25) is 15.9 Å². The van der Waals surface area contributed by atoms with Crippen LogP contribution in [0.4, 0.5) is 8.78 Å². The number of nitrogens with zero attached hydrogens (tertiary/aromatic N) is 1. The lowest BCUT2D eigenvalue weighted by Gasteiger charge is -2.31. The Labute approximate surface area is 180 Å². The van der Waals surface area contributed by atoms with E-state index in [1.54, 1.807) is 13.0 Å². The van der Waals surface area contributed by atoms with Crippen molar-refractivity contribution in [2.24, 2.45) is 5.92 Å². The number of amides is 1. The maximum absolute atomic E-state index is 13.4. The number of sulfonamides is 1. The van der Waals surface area contributed by atoms with Gasteiger partial charge in [-0.1, -0.05) is 18.2 Å². The number of carbonyl (C=O) groups is 2. The summed E-state index contributed by atoms with van der Waals surface area (Å²) in [6, 6.07) is 8.86. The van der Waals surface area contributed by atoms with Gasteiger partial charge >= 0.3 is 0 Å². The first-order chi connectivity index (χ1) is 14.6. The van der Waals surface area contributed by atoms with Crippen LogP contribution in [-0.4, -0.2) is 37.5 Å². The van der Waals surface area contributed by atoms with Crippen LogP contribution < -0.4 is 5.32 Å². The van der Waals surface area contributed by atoms with Crippen LogP contribution in [0.25, 0.3) is 0 Å². The van der Waals surface area contributed by atoms with E-state index >= 15 is 0 Å². The SMILES string of the molecule is CC(=O)c1cccc(S(=O)(=O)N2CCC(C(=O)NC(C)c3ccc(F)c(F)c3)CC2)c1. The van der Waals surface area contributed by atoms with Gasteiger partial charge in [0.15, 0.2) is 17.4 Å². The minimum atomic E-state index is -3.77. The molecular weight excluding hydrogens is 426 g/mol. The van der Waals surface area contributed by atoms with Crippen molar-refractivity contribution in [1.29, 1.82) is 0 Å². The third-order valence-electron chi connectivity index (χ3n) is 5.51. The fraction of sp³-hybridized carbons (Fsp3) is 0.364. The zero-order chi connectivity index (χ0) is 22.8. The van der Waals surface area contributed by atoms with Gasteiger partial charge in [-0.2, -0.15) is 4.31 Å². The summed E-state index contributed by atoms with van der Waals surface area (Å²) >= 11 is 0. The minimum Gasteiger partial charge on any atom is -0.349 e. The van der Waals surface area contributed by atoms with Crippen molar-refractivity contribution in [2.45, 2.75) is 37.6 Å². The Morgan fingerprint density at radius 1 is 1.06 bits per heavy atom. The maximum atomic E-state index is 13.4. The number of halogens is 2. The Morgan fingerprint density at radius 2 is 1.74 bits per heavy atom. The largest absolute Gasteiger partial charge is 0.349 e. The van der Waals surface area contributed by atoms with Crippen molar-refractivity contribution in [3.63, 3.8) is 0 Å². The van der Waals surface area contributed by atoms with E-state index in [9.17, 15) is 26.8 Å². The summed E-state index contributed by atoms with van der Waals surface area (Å²) in [7, 11) is -3.77. The molecule has 1 aliphatic heterocycles. The summed E-state index contributed by atoms with van der Waals surface area (Å²) in [5.41, 5.74) is 0.763. The van der Waals surface area contributed by atoms with Gasteiger partial charge < -0.3 is 5.32 Å². The van der Waals surface area contributed by atoms with Gasteiger partial charge in [0.05, 0.1) is 10.9 Å². The summed E-state index contributed by atoms with van der Waals surface area (Å²) in [5.74, 6) is -2.80. The highest BCUT2D eigenvalue weighted by Crippen LogP contribution is 2.25. The van der Waals surface area contributed by atoms with Gasteiger partial charge in [0.1, 0.15) is 0 Å². The minimum absolute atomic E-state index is 0.0510. The lowest BCUT2D eigenvalue weighted by molar-refractivity contribution is -0.126. The van der Waals surface area contributed by atoms with E-state index in [1.165, 1.54) is 35.5 Å². The van der Waals surface area contributed by atoms with Crippen molar-refractivity contribution in [2.75, 3.05) is 13.1 Å². The molecule has 1 amide bonds. The predicted molar refractivity (Wildman–Crippen MR) is 111 cm³/mol. The molecule has 1 aliphatic rings. The van der Waals surface area contributed by atoms with Crippen LogP contribution in [0.1, 0.15) is 48.7 Å². The molecule has 2 aromatic carbocycles. The van der Waals surface area contributed by atoms with Crippen LogP contribution in [0.15, 0.2) is 47.4 Å². The second kappa shape index (κ2) is 9.23. The molecule has 1 unspecified atom stereocenters. The molecule has 1 fully saturated rings. The van der Waals surface area contributed by atoms with Crippen LogP contribution >= 0.6 is 0 Å². The Bertz CT molecular complexity index is 1100. The lowest BCUT2D eigenvalue weighted by Crippen LogP contribution is -2.43. The summed E-state index contributed by atoms with van der Waals surface area (Å²) in [6.45, 7) is 3.39. The Balaban J connectivity index is 1.62. The standard InChI is InChI=1S/C22H24F2N2O4S/c1-14(17-6-7-20(23)21(24)13-17)25-22(28)16-8-10-26(11-9-16)31(29,30)19-5-3-4-18(12-19)15(2)27/h3-7,12-14,16H,8-11H2,1-2H3,(H,25,28). The second-order valence-corrected chi connectivity index (χ2v) is 9.60. The highest BCUT2D eigenvalue weighted by Gasteiger charge is 2.32. The van der Waals surface area contributed by atoms with Crippen LogP contribution in [0, 0.1) is 17.6 Å². The Hall–Kier alpha value is -2.65. The topological polar surface area (TPSA) is 83.6 Å². The average Bonchev–Trinajstić information content (AvgIpc) is 2.75. The summed E-state index contributed by atoms with van der Waals surface area (Å²) in [4.78, 5) is 24.2. The highest BCUT2D eigenvalue weighted by molar-refractivity contribution is 7.89. The molecule has 2 aromatic rings. The van der Waals surface area contributed by atoms with Crippen molar-refractivity contribution in [3.05, 3.63) is 65.2 Å². The molecule has 0 spiro atoms. The number of carbonyl (C=O) groups excluding carboxylic acids is 2. The lowest BCUT2D eigenvalue weighted by atomic mass is 9.96. The number of rotatable bonds is 6. The van der Waals surface area contributed by atoms with E-state index in [1.807, 2.05) is 0 Å². The molecule has 166 valence electrons. The van der Waals surface area contributed by atoms with Gasteiger partial charge in [0.25, 0.3) is 0 Å². The molecule has 1 saturated heterocycles. The number of piperidine rings is 1. The average molecular weight is 451 g/mol. The Morgan fingerprint density at radius 3 is 2.35 bits per heavy atom. The fourth-order valence-electron chi connectivity index (χ4n) is 3.58. The van der Waals surface area contributed by atoms with Crippen LogP contribution in [0.2, 0.25) is 0 Å². The van der Waals surface area contributed by atoms with Crippen molar-refractivity contribution in [1.82, 2.24) is 9.62 Å². The first-order valence-electron chi connectivity index (χ1n) is 9.96. The van der Waals surface area contributed by atoms with E-state index in [4.69, 9.17) is 0 Å². The molecule has 6 nitrogen and oxygen atoms in total. The number of hydrogen-bond donors (Lipinski definition) is 1. The smallest absolute Gasteiger partial charge is 0.243 e. The van der Waals surface area contributed by atoms with Gasteiger partial charge in [-0.3, -0.25) is 9.59 Å². The summed E-state index contributed by atoms with van der Waals surface area (Å²) < 4.78 is 53.7. The van der Waals surface area contributed by atoms with E-state index in [0.717, 1.165) is 12.1 Å². The van der Waals surface area contributed by atoms with Gasteiger partial charge in [-0.15, -0.1) is 0 Å². The molecule has 1 N–H and O–H groups in total.